The first-order valence-electron chi connectivity index (χ1n) is 4.34. The summed E-state index contributed by atoms with van der Waals surface area (Å²) in [6, 6.07) is 0. The van der Waals surface area contributed by atoms with Gasteiger partial charge in [0.15, 0.2) is 5.25 Å². The van der Waals surface area contributed by atoms with E-state index >= 15 is 0 Å². The minimum Gasteiger partial charge on any atom is -0.391 e. The van der Waals surface area contributed by atoms with E-state index in [4.69, 9.17) is 5.11 Å². The smallest absolute Gasteiger partial charge is 0.169 e. The lowest BCUT2D eigenvalue weighted by molar-refractivity contribution is 0.0325. The van der Waals surface area contributed by atoms with Crippen molar-refractivity contribution in [2.24, 2.45) is 0 Å². The van der Waals surface area contributed by atoms with E-state index in [0.717, 1.165) is 12.2 Å². The van der Waals surface area contributed by atoms with Gasteiger partial charge in [-0.1, -0.05) is 6.92 Å². The highest BCUT2D eigenvalue weighted by Gasteiger charge is 2.48. The molecule has 4 heteroatoms. The molecule has 0 amide bonds. The number of rotatable bonds is 3. The first-order valence-corrected chi connectivity index (χ1v) is 5.96. The molecular formula is C8H17O3S+. The van der Waals surface area contributed by atoms with Gasteiger partial charge in [-0.05, 0) is 17.3 Å². The van der Waals surface area contributed by atoms with Gasteiger partial charge in [-0.15, -0.1) is 0 Å². The van der Waals surface area contributed by atoms with Crippen LogP contribution in [-0.4, -0.2) is 50.9 Å². The Bertz CT molecular complexity index is 142. The summed E-state index contributed by atoms with van der Waals surface area (Å²) in [7, 11) is 0.0247. The molecule has 1 aliphatic rings. The van der Waals surface area contributed by atoms with E-state index in [1.54, 1.807) is 0 Å². The molecule has 12 heavy (non-hydrogen) atoms. The lowest BCUT2D eigenvalue weighted by Gasteiger charge is -2.10. The quantitative estimate of drug-likeness (QED) is 0.510. The fourth-order valence-electron chi connectivity index (χ4n) is 1.60. The summed E-state index contributed by atoms with van der Waals surface area (Å²) in [6.45, 7) is 2.08. The molecule has 4 atom stereocenters. The zero-order chi connectivity index (χ0) is 9.14. The third-order valence-corrected chi connectivity index (χ3v) is 5.22. The van der Waals surface area contributed by atoms with Gasteiger partial charge in [0.2, 0.25) is 0 Å². The molecule has 1 fully saturated rings. The molecule has 0 aromatic carbocycles. The zero-order valence-corrected chi connectivity index (χ0v) is 8.13. The van der Waals surface area contributed by atoms with E-state index in [9.17, 15) is 10.2 Å². The molecule has 0 saturated carbocycles. The molecular weight excluding hydrogens is 176 g/mol. The maximum atomic E-state index is 9.45. The molecule has 0 radical (unpaired) electrons. The number of aliphatic hydroxyl groups is 3. The van der Waals surface area contributed by atoms with Crippen LogP contribution in [0.1, 0.15) is 13.3 Å². The molecule has 0 aromatic rings. The fraction of sp³-hybridized carbons (Fsp3) is 1.00. The van der Waals surface area contributed by atoms with Crippen molar-refractivity contribution in [2.75, 3.05) is 18.1 Å². The number of hydrogen-bond donors (Lipinski definition) is 3. The molecule has 1 unspecified atom stereocenters. The monoisotopic (exact) mass is 193 g/mol. The van der Waals surface area contributed by atoms with E-state index in [1.807, 2.05) is 0 Å². The van der Waals surface area contributed by atoms with E-state index in [1.165, 1.54) is 0 Å². The van der Waals surface area contributed by atoms with Gasteiger partial charge in [0.1, 0.15) is 23.7 Å². The summed E-state index contributed by atoms with van der Waals surface area (Å²) in [5.41, 5.74) is 0. The molecule has 3 N–H and O–H groups in total. The topological polar surface area (TPSA) is 60.7 Å². The summed E-state index contributed by atoms with van der Waals surface area (Å²) in [5.74, 6) is 1.68. The molecule has 1 rings (SSSR count). The highest BCUT2D eigenvalue weighted by atomic mass is 32.2. The van der Waals surface area contributed by atoms with Gasteiger partial charge in [0.25, 0.3) is 0 Å². The third kappa shape index (κ3) is 1.93. The Balaban J connectivity index is 2.52. The zero-order valence-electron chi connectivity index (χ0n) is 7.31. The van der Waals surface area contributed by atoms with Gasteiger partial charge >= 0.3 is 0 Å². The van der Waals surface area contributed by atoms with E-state index in [0.29, 0.717) is 5.75 Å². The van der Waals surface area contributed by atoms with Crippen LogP contribution in [-0.2, 0) is 10.9 Å². The van der Waals surface area contributed by atoms with Crippen molar-refractivity contribution in [1.82, 2.24) is 0 Å². The van der Waals surface area contributed by atoms with Crippen LogP contribution < -0.4 is 0 Å². The second-order valence-electron chi connectivity index (χ2n) is 3.19. The first kappa shape index (κ1) is 10.3. The van der Waals surface area contributed by atoms with Crippen LogP contribution in [0.3, 0.4) is 0 Å². The SMILES string of the molecule is CCC[S+]1C[C@@H](O)[C@H](O)[C@H]1CO. The minimum absolute atomic E-state index is 0.00133. The molecule has 0 spiro atoms. The lowest BCUT2D eigenvalue weighted by Crippen LogP contribution is -2.34. The Morgan fingerprint density at radius 1 is 1.42 bits per heavy atom. The second kappa shape index (κ2) is 4.46. The van der Waals surface area contributed by atoms with Crippen molar-refractivity contribution in [3.05, 3.63) is 0 Å². The van der Waals surface area contributed by atoms with Gasteiger partial charge in [0, 0.05) is 0 Å². The van der Waals surface area contributed by atoms with Crippen molar-refractivity contribution >= 4 is 10.9 Å². The second-order valence-corrected chi connectivity index (χ2v) is 5.61. The highest BCUT2D eigenvalue weighted by Crippen LogP contribution is 2.24. The lowest BCUT2D eigenvalue weighted by atomic mass is 10.2. The van der Waals surface area contributed by atoms with Gasteiger partial charge in [-0.25, -0.2) is 0 Å². The number of hydrogen-bond acceptors (Lipinski definition) is 3. The van der Waals surface area contributed by atoms with Crippen molar-refractivity contribution in [3.8, 4) is 0 Å². The van der Waals surface area contributed by atoms with Crippen molar-refractivity contribution in [2.45, 2.75) is 30.8 Å². The first-order chi connectivity index (χ1) is 5.70. The van der Waals surface area contributed by atoms with E-state index in [2.05, 4.69) is 6.92 Å². The van der Waals surface area contributed by atoms with Crippen LogP contribution in [0.4, 0.5) is 0 Å². The molecule has 1 heterocycles. The van der Waals surface area contributed by atoms with Crippen molar-refractivity contribution in [1.29, 1.82) is 0 Å². The summed E-state index contributed by atoms with van der Waals surface area (Å²) >= 11 is 0. The largest absolute Gasteiger partial charge is 0.391 e. The Kier molecular flexibility index (Phi) is 3.83. The summed E-state index contributed by atoms with van der Waals surface area (Å²) in [6.07, 6.45) is -0.263. The van der Waals surface area contributed by atoms with Crippen molar-refractivity contribution < 1.29 is 15.3 Å². The summed E-state index contributed by atoms with van der Waals surface area (Å²) < 4.78 is 0. The van der Waals surface area contributed by atoms with Gasteiger partial charge < -0.3 is 15.3 Å². The average molecular weight is 193 g/mol. The fourth-order valence-corrected chi connectivity index (χ4v) is 4.26. The maximum Gasteiger partial charge on any atom is 0.169 e. The molecule has 72 valence electrons. The molecule has 0 aliphatic carbocycles. The Labute approximate surface area is 75.8 Å². The number of aliphatic hydroxyl groups excluding tert-OH is 3. The normalized spacial score (nSPS) is 42.0. The van der Waals surface area contributed by atoms with E-state index in [-0.39, 0.29) is 22.8 Å². The highest BCUT2D eigenvalue weighted by molar-refractivity contribution is 7.97. The summed E-state index contributed by atoms with van der Waals surface area (Å²) in [5, 5.41) is 27.7. The molecule has 0 aromatic heterocycles. The maximum absolute atomic E-state index is 9.45. The molecule has 3 nitrogen and oxygen atoms in total. The predicted molar refractivity (Wildman–Crippen MR) is 50.3 cm³/mol. The molecule has 0 bridgehead atoms. The van der Waals surface area contributed by atoms with Crippen molar-refractivity contribution in [3.63, 3.8) is 0 Å². The van der Waals surface area contributed by atoms with Crippen LogP contribution in [0.5, 0.6) is 0 Å². The van der Waals surface area contributed by atoms with Crippen LogP contribution >= 0.6 is 0 Å². The van der Waals surface area contributed by atoms with E-state index < -0.39 is 12.2 Å². The Morgan fingerprint density at radius 3 is 2.58 bits per heavy atom. The van der Waals surface area contributed by atoms with Gasteiger partial charge in [0.05, 0.1) is 6.61 Å². The third-order valence-electron chi connectivity index (χ3n) is 2.23. The average Bonchev–Trinajstić information content (AvgIpc) is 2.29. The van der Waals surface area contributed by atoms with Crippen LogP contribution in [0.2, 0.25) is 0 Å². The summed E-state index contributed by atoms with van der Waals surface area (Å²) in [4.78, 5) is 0. The van der Waals surface area contributed by atoms with Crippen LogP contribution in [0, 0.1) is 0 Å². The Hall–Kier alpha value is 0.230. The van der Waals surface area contributed by atoms with Crippen LogP contribution in [0.25, 0.3) is 0 Å². The van der Waals surface area contributed by atoms with Gasteiger partial charge in [-0.3, -0.25) is 0 Å². The molecule has 1 aliphatic heterocycles. The molecule has 1 saturated heterocycles. The standard InChI is InChI=1S/C8H17O3S/c1-2-3-12-5-6(10)8(11)7(12)4-9/h6-11H,2-5H2,1H3/q+1/t6-,7-,8+,12?/m1/s1. The van der Waals surface area contributed by atoms with Crippen LogP contribution in [0.15, 0.2) is 0 Å². The minimum atomic E-state index is -0.704. The predicted octanol–water partition coefficient (Wildman–Crippen LogP) is -0.889. The van der Waals surface area contributed by atoms with Gasteiger partial charge in [-0.2, -0.15) is 0 Å². The Morgan fingerprint density at radius 2 is 2.08 bits per heavy atom.